The van der Waals surface area contributed by atoms with Gasteiger partial charge in [0.15, 0.2) is 0 Å². The molecule has 0 saturated carbocycles. The highest BCUT2D eigenvalue weighted by Gasteiger charge is 2.12. The van der Waals surface area contributed by atoms with Crippen molar-refractivity contribution < 1.29 is 0 Å². The molecule has 0 fully saturated rings. The average Bonchev–Trinajstić information content (AvgIpc) is 2.27. The van der Waals surface area contributed by atoms with Crippen molar-refractivity contribution >= 4 is 33.6 Å². The summed E-state index contributed by atoms with van der Waals surface area (Å²) in [4.78, 5) is 0. The van der Waals surface area contributed by atoms with Gasteiger partial charge in [0, 0.05) is 21.6 Å². The van der Waals surface area contributed by atoms with Gasteiger partial charge in [0.25, 0.3) is 0 Å². The molecule has 1 aromatic carbocycles. The van der Waals surface area contributed by atoms with Crippen molar-refractivity contribution in [2.45, 2.75) is 40.2 Å². The third kappa shape index (κ3) is 6.11. The number of benzene rings is 1. The summed E-state index contributed by atoms with van der Waals surface area (Å²) < 4.78 is 1.07. The van der Waals surface area contributed by atoms with Crippen LogP contribution >= 0.6 is 27.5 Å². The Balaban J connectivity index is 2.98. The summed E-state index contributed by atoms with van der Waals surface area (Å²) >= 11 is 9.64. The third-order valence-electron chi connectivity index (χ3n) is 2.86. The van der Waals surface area contributed by atoms with E-state index in [1.165, 1.54) is 5.57 Å². The lowest BCUT2D eigenvalue weighted by molar-refractivity contribution is 0.437. The second kappa shape index (κ2) is 6.92. The van der Waals surface area contributed by atoms with Crippen LogP contribution in [-0.2, 0) is 0 Å². The molecule has 19 heavy (non-hydrogen) atoms. The largest absolute Gasteiger partial charge is 0.308 e. The lowest BCUT2D eigenvalue weighted by Crippen LogP contribution is -2.37. The van der Waals surface area contributed by atoms with Gasteiger partial charge >= 0.3 is 0 Å². The van der Waals surface area contributed by atoms with Crippen molar-refractivity contribution in [3.8, 4) is 0 Å². The van der Waals surface area contributed by atoms with Gasteiger partial charge in [0.1, 0.15) is 0 Å². The van der Waals surface area contributed by atoms with Crippen LogP contribution in [-0.4, -0.2) is 12.1 Å². The maximum absolute atomic E-state index is 6.06. The van der Waals surface area contributed by atoms with Gasteiger partial charge in [-0.1, -0.05) is 53.0 Å². The topological polar surface area (TPSA) is 12.0 Å². The van der Waals surface area contributed by atoms with E-state index in [-0.39, 0.29) is 5.54 Å². The first-order valence-corrected chi connectivity index (χ1v) is 7.76. The smallest absolute Gasteiger partial charge is 0.0412 e. The van der Waals surface area contributed by atoms with E-state index in [4.69, 9.17) is 11.6 Å². The van der Waals surface area contributed by atoms with Gasteiger partial charge in [-0.2, -0.15) is 0 Å². The van der Waals surface area contributed by atoms with Gasteiger partial charge in [-0.15, -0.1) is 0 Å². The highest BCUT2D eigenvalue weighted by atomic mass is 79.9. The van der Waals surface area contributed by atoms with Crippen molar-refractivity contribution in [1.82, 2.24) is 5.32 Å². The number of rotatable bonds is 4. The molecule has 0 aromatic heterocycles. The van der Waals surface area contributed by atoms with E-state index in [1.54, 1.807) is 0 Å². The zero-order chi connectivity index (χ0) is 14.6. The predicted octanol–water partition coefficient (Wildman–Crippen LogP) is 5.53. The second-order valence-electron chi connectivity index (χ2n) is 6.14. The average molecular weight is 345 g/mol. The van der Waals surface area contributed by atoms with Gasteiger partial charge in [-0.05, 0) is 50.5 Å². The zero-order valence-corrected chi connectivity index (χ0v) is 14.7. The fourth-order valence-electron chi connectivity index (χ4n) is 1.61. The van der Waals surface area contributed by atoms with Crippen LogP contribution in [0.4, 0.5) is 0 Å². The maximum Gasteiger partial charge on any atom is 0.0412 e. The summed E-state index contributed by atoms with van der Waals surface area (Å²) in [5, 5.41) is 4.31. The molecule has 0 amide bonds. The normalized spacial score (nSPS) is 13.2. The minimum atomic E-state index is 0.125. The SMILES string of the molecule is CC(C)C(=Cc1cc(Cl)ccc1Br)CNC(C)(C)C. The Labute approximate surface area is 130 Å². The molecule has 106 valence electrons. The standard InChI is InChI=1S/C16H23BrClN/c1-11(2)13(10-19-16(3,4)5)8-12-9-14(18)6-7-15(12)17/h6-9,11,19H,10H2,1-5H3. The Bertz CT molecular complexity index is 458. The summed E-state index contributed by atoms with van der Waals surface area (Å²) in [5.74, 6) is 0.501. The van der Waals surface area contributed by atoms with Crippen LogP contribution in [0.5, 0.6) is 0 Å². The van der Waals surface area contributed by atoms with Gasteiger partial charge < -0.3 is 5.32 Å². The highest BCUT2D eigenvalue weighted by molar-refractivity contribution is 9.10. The molecule has 1 nitrogen and oxygen atoms in total. The second-order valence-corrected chi connectivity index (χ2v) is 7.43. The molecule has 0 aliphatic carbocycles. The molecule has 0 radical (unpaired) electrons. The van der Waals surface area contributed by atoms with Crippen molar-refractivity contribution in [2.75, 3.05) is 6.54 Å². The highest BCUT2D eigenvalue weighted by Crippen LogP contribution is 2.25. The van der Waals surface area contributed by atoms with E-state index in [0.717, 1.165) is 21.6 Å². The van der Waals surface area contributed by atoms with Crippen LogP contribution in [0.2, 0.25) is 5.02 Å². The maximum atomic E-state index is 6.06. The molecule has 0 aliphatic rings. The number of hydrogen-bond donors (Lipinski definition) is 1. The number of halogens is 2. The third-order valence-corrected chi connectivity index (χ3v) is 3.82. The van der Waals surface area contributed by atoms with Crippen molar-refractivity contribution in [3.05, 3.63) is 38.8 Å². The van der Waals surface area contributed by atoms with E-state index in [0.29, 0.717) is 5.92 Å². The molecule has 1 aromatic rings. The van der Waals surface area contributed by atoms with Gasteiger partial charge in [0.2, 0.25) is 0 Å². The predicted molar refractivity (Wildman–Crippen MR) is 89.7 cm³/mol. The van der Waals surface area contributed by atoms with Crippen LogP contribution in [0.15, 0.2) is 28.2 Å². The van der Waals surface area contributed by atoms with E-state index in [9.17, 15) is 0 Å². The van der Waals surface area contributed by atoms with Gasteiger partial charge in [-0.25, -0.2) is 0 Å². The molecule has 1 rings (SSSR count). The summed E-state index contributed by atoms with van der Waals surface area (Å²) in [6.07, 6.45) is 2.22. The summed E-state index contributed by atoms with van der Waals surface area (Å²) in [6, 6.07) is 5.87. The monoisotopic (exact) mass is 343 g/mol. The Morgan fingerprint density at radius 2 is 2.00 bits per heavy atom. The molecule has 0 unspecified atom stereocenters. The fraction of sp³-hybridized carbons (Fsp3) is 0.500. The number of hydrogen-bond acceptors (Lipinski definition) is 1. The summed E-state index contributed by atoms with van der Waals surface area (Å²) in [7, 11) is 0. The molecule has 0 spiro atoms. The first kappa shape index (κ1) is 16.7. The molecule has 1 N–H and O–H groups in total. The molecular formula is C16H23BrClN. The van der Waals surface area contributed by atoms with Gasteiger partial charge in [0.05, 0.1) is 0 Å². The zero-order valence-electron chi connectivity index (χ0n) is 12.3. The molecular weight excluding hydrogens is 322 g/mol. The van der Waals surface area contributed by atoms with E-state index >= 15 is 0 Å². The van der Waals surface area contributed by atoms with Crippen LogP contribution in [0, 0.1) is 5.92 Å². The minimum Gasteiger partial charge on any atom is -0.308 e. The van der Waals surface area contributed by atoms with E-state index < -0.39 is 0 Å². The van der Waals surface area contributed by atoms with E-state index in [1.807, 2.05) is 18.2 Å². The van der Waals surface area contributed by atoms with Gasteiger partial charge in [-0.3, -0.25) is 0 Å². The minimum absolute atomic E-state index is 0.125. The van der Waals surface area contributed by atoms with Crippen molar-refractivity contribution in [1.29, 1.82) is 0 Å². The Kier molecular flexibility index (Phi) is 6.10. The molecule has 0 atom stereocenters. The summed E-state index contributed by atoms with van der Waals surface area (Å²) in [6.45, 7) is 11.9. The van der Waals surface area contributed by atoms with Crippen LogP contribution < -0.4 is 5.32 Å². The molecule has 0 saturated heterocycles. The van der Waals surface area contributed by atoms with Crippen molar-refractivity contribution in [2.24, 2.45) is 5.92 Å². The van der Waals surface area contributed by atoms with Crippen LogP contribution in [0.25, 0.3) is 6.08 Å². The lowest BCUT2D eigenvalue weighted by Gasteiger charge is -2.23. The van der Waals surface area contributed by atoms with Crippen LogP contribution in [0.3, 0.4) is 0 Å². The Hall–Kier alpha value is -0.310. The van der Waals surface area contributed by atoms with Crippen molar-refractivity contribution in [3.63, 3.8) is 0 Å². The molecule has 0 bridgehead atoms. The quantitative estimate of drug-likeness (QED) is 0.757. The van der Waals surface area contributed by atoms with E-state index in [2.05, 4.69) is 61.9 Å². The first-order valence-electron chi connectivity index (χ1n) is 6.59. The van der Waals surface area contributed by atoms with Crippen LogP contribution in [0.1, 0.15) is 40.2 Å². The molecule has 3 heteroatoms. The molecule has 0 heterocycles. The Morgan fingerprint density at radius 1 is 1.37 bits per heavy atom. The summed E-state index contributed by atoms with van der Waals surface area (Å²) in [5.41, 5.74) is 2.63. The first-order chi connectivity index (χ1) is 8.69. The lowest BCUT2D eigenvalue weighted by atomic mass is 9.98. The molecule has 0 aliphatic heterocycles. The fourth-order valence-corrected chi connectivity index (χ4v) is 2.16. The number of nitrogens with one attached hydrogen (secondary N) is 1. The Morgan fingerprint density at radius 3 is 2.53 bits per heavy atom.